The van der Waals surface area contributed by atoms with E-state index in [0.717, 1.165) is 16.9 Å². The molecule has 4 heterocycles. The maximum absolute atomic E-state index is 12.9. The highest BCUT2D eigenvalue weighted by molar-refractivity contribution is 5.92. The molecule has 35 heavy (non-hydrogen) atoms. The molecule has 6 rings (SSSR count). The normalized spacial score (nSPS) is 10.8. The Bertz CT molecular complexity index is 1610. The van der Waals surface area contributed by atoms with Crippen molar-refractivity contribution in [2.75, 3.05) is 0 Å². The average molecular weight is 470 g/mol. The lowest BCUT2D eigenvalue weighted by Crippen LogP contribution is -2.03. The van der Waals surface area contributed by atoms with E-state index >= 15 is 0 Å². The summed E-state index contributed by atoms with van der Waals surface area (Å²) in [6.07, 6.45) is 11.8. The zero-order valence-corrected chi connectivity index (χ0v) is 18.0. The van der Waals surface area contributed by atoms with Crippen molar-refractivity contribution in [3.05, 3.63) is 109 Å². The van der Waals surface area contributed by atoms with Crippen molar-refractivity contribution in [3.63, 3.8) is 0 Å². The van der Waals surface area contributed by atoms with Gasteiger partial charge in [0.2, 0.25) is 0 Å². The standard InChI is InChI=1S/C13H8FN3O2.C12H8FN3/c14-9-3-1-8(2-4-9)10-7-17-6-5-15-11(13(18)19)12(17)16-10;13-10-3-1-9(2-4-10)11-8-16-6-5-14-7-12(16)15-11/h1-7H,(H,18,19);1-8H. The van der Waals surface area contributed by atoms with Gasteiger partial charge in [-0.3, -0.25) is 4.98 Å². The summed E-state index contributed by atoms with van der Waals surface area (Å²) in [5, 5.41) is 9.03. The molecule has 1 N–H and O–H groups in total. The molecular weight excluding hydrogens is 454 g/mol. The average Bonchev–Trinajstić information content (AvgIpc) is 3.49. The van der Waals surface area contributed by atoms with Crippen LogP contribution in [0.15, 0.2) is 91.9 Å². The first-order valence-electron chi connectivity index (χ1n) is 10.4. The molecule has 0 amide bonds. The van der Waals surface area contributed by atoms with Gasteiger partial charge in [-0.25, -0.2) is 28.5 Å². The fourth-order valence-electron chi connectivity index (χ4n) is 3.43. The Kier molecular flexibility index (Phi) is 5.68. The summed E-state index contributed by atoms with van der Waals surface area (Å²) in [7, 11) is 0. The van der Waals surface area contributed by atoms with Crippen molar-refractivity contribution in [2.24, 2.45) is 0 Å². The molecule has 0 fully saturated rings. The van der Waals surface area contributed by atoms with Gasteiger partial charge in [-0.15, -0.1) is 0 Å². The van der Waals surface area contributed by atoms with Gasteiger partial charge in [0.1, 0.15) is 11.6 Å². The molecule has 4 aromatic heterocycles. The second kappa shape index (κ2) is 9.10. The van der Waals surface area contributed by atoms with Crippen LogP contribution < -0.4 is 0 Å². The van der Waals surface area contributed by atoms with Gasteiger partial charge in [0.25, 0.3) is 0 Å². The molecule has 0 radical (unpaired) electrons. The number of fused-ring (bicyclic) bond motifs is 2. The molecule has 0 spiro atoms. The van der Waals surface area contributed by atoms with Gasteiger partial charge in [-0.05, 0) is 48.5 Å². The zero-order valence-electron chi connectivity index (χ0n) is 18.0. The molecule has 6 aromatic rings. The van der Waals surface area contributed by atoms with E-state index in [-0.39, 0.29) is 23.0 Å². The van der Waals surface area contributed by atoms with Crippen LogP contribution in [0.5, 0.6) is 0 Å². The van der Waals surface area contributed by atoms with E-state index in [4.69, 9.17) is 5.11 Å². The van der Waals surface area contributed by atoms with Crippen molar-refractivity contribution < 1.29 is 18.7 Å². The number of carbonyl (C=O) groups is 1. The SMILES string of the molecule is Fc1ccc(-c2cn3ccncc3n2)cc1.O=C(O)c1nccn2cc(-c3ccc(F)cc3)nc12. The number of carboxylic acid groups (broad SMARTS) is 1. The molecule has 0 aliphatic heterocycles. The number of imidazole rings is 2. The molecule has 0 aliphatic rings. The fourth-order valence-corrected chi connectivity index (χ4v) is 3.43. The van der Waals surface area contributed by atoms with Gasteiger partial charge in [-0.1, -0.05) is 0 Å². The highest BCUT2D eigenvalue weighted by atomic mass is 19.1. The fraction of sp³-hybridized carbons (Fsp3) is 0. The smallest absolute Gasteiger partial charge is 0.358 e. The summed E-state index contributed by atoms with van der Waals surface area (Å²) in [5.74, 6) is -1.71. The van der Waals surface area contributed by atoms with Crippen LogP contribution in [0.2, 0.25) is 0 Å². The van der Waals surface area contributed by atoms with Crippen LogP contribution in [0, 0.1) is 11.6 Å². The molecule has 0 aliphatic carbocycles. The van der Waals surface area contributed by atoms with Crippen molar-refractivity contribution in [2.45, 2.75) is 0 Å². The summed E-state index contributed by atoms with van der Waals surface area (Å²) in [6, 6.07) is 12.1. The molecule has 172 valence electrons. The van der Waals surface area contributed by atoms with Crippen molar-refractivity contribution >= 4 is 17.3 Å². The van der Waals surface area contributed by atoms with Gasteiger partial charge in [0.05, 0.1) is 17.6 Å². The minimum Gasteiger partial charge on any atom is -0.476 e. The predicted octanol–water partition coefficient (Wildman–Crippen LogP) is 4.77. The topological polar surface area (TPSA) is 97.7 Å². The van der Waals surface area contributed by atoms with Crippen LogP contribution in [-0.2, 0) is 0 Å². The summed E-state index contributed by atoms with van der Waals surface area (Å²) in [6.45, 7) is 0. The number of hydrogen-bond acceptors (Lipinski definition) is 5. The van der Waals surface area contributed by atoms with Gasteiger partial charge in [0.15, 0.2) is 17.0 Å². The van der Waals surface area contributed by atoms with E-state index in [1.165, 1.54) is 30.5 Å². The Morgan fingerprint density at radius 1 is 0.771 bits per heavy atom. The number of aromatic nitrogens is 6. The minimum atomic E-state index is -1.14. The third-order valence-electron chi connectivity index (χ3n) is 5.12. The van der Waals surface area contributed by atoms with Gasteiger partial charge in [-0.2, -0.15) is 0 Å². The summed E-state index contributed by atoms with van der Waals surface area (Å²) in [4.78, 5) is 27.4. The number of hydrogen-bond donors (Lipinski definition) is 1. The molecule has 0 saturated heterocycles. The first kappa shape index (κ1) is 21.8. The molecule has 0 bridgehead atoms. The van der Waals surface area contributed by atoms with E-state index in [9.17, 15) is 13.6 Å². The molecule has 0 saturated carbocycles. The first-order chi connectivity index (χ1) is 17.0. The monoisotopic (exact) mass is 470 g/mol. The largest absolute Gasteiger partial charge is 0.476 e. The Labute approximate surface area is 196 Å². The van der Waals surface area contributed by atoms with E-state index in [0.29, 0.717) is 11.3 Å². The Balaban J connectivity index is 0.000000147. The third-order valence-corrected chi connectivity index (χ3v) is 5.12. The first-order valence-corrected chi connectivity index (χ1v) is 10.4. The maximum Gasteiger partial charge on any atom is 0.358 e. The van der Waals surface area contributed by atoms with Gasteiger partial charge >= 0.3 is 5.97 Å². The molecule has 8 nitrogen and oxygen atoms in total. The second-order valence-electron chi connectivity index (χ2n) is 7.42. The molecule has 0 unspecified atom stereocenters. The summed E-state index contributed by atoms with van der Waals surface area (Å²) in [5.41, 5.74) is 3.90. The number of nitrogens with zero attached hydrogens (tertiary/aromatic N) is 6. The van der Waals surface area contributed by atoms with E-state index in [1.54, 1.807) is 53.5 Å². The number of benzene rings is 2. The van der Waals surface area contributed by atoms with Crippen LogP contribution in [-0.4, -0.2) is 39.8 Å². The van der Waals surface area contributed by atoms with Crippen molar-refractivity contribution in [1.29, 1.82) is 0 Å². The number of rotatable bonds is 3. The minimum absolute atomic E-state index is 0.115. The van der Waals surface area contributed by atoms with Gasteiger partial charge in [0, 0.05) is 48.3 Å². The predicted molar refractivity (Wildman–Crippen MR) is 124 cm³/mol. The lowest BCUT2D eigenvalue weighted by Gasteiger charge is -1.95. The summed E-state index contributed by atoms with van der Waals surface area (Å²) < 4.78 is 29.1. The quantitative estimate of drug-likeness (QED) is 0.400. The highest BCUT2D eigenvalue weighted by Gasteiger charge is 2.14. The molecule has 2 aromatic carbocycles. The zero-order chi connectivity index (χ0) is 24.4. The Morgan fingerprint density at radius 2 is 1.34 bits per heavy atom. The number of aromatic carboxylic acids is 1. The van der Waals surface area contributed by atoms with Crippen LogP contribution >= 0.6 is 0 Å². The molecule has 10 heteroatoms. The number of halogens is 2. The van der Waals surface area contributed by atoms with Crippen LogP contribution in [0.3, 0.4) is 0 Å². The molecule has 0 atom stereocenters. The summed E-state index contributed by atoms with van der Waals surface area (Å²) >= 11 is 0. The molecular formula is C25H16F2N6O2. The lowest BCUT2D eigenvalue weighted by molar-refractivity contribution is 0.0692. The maximum atomic E-state index is 12.9. The van der Waals surface area contributed by atoms with Crippen molar-refractivity contribution in [3.8, 4) is 22.5 Å². The van der Waals surface area contributed by atoms with E-state index < -0.39 is 5.97 Å². The second-order valence-corrected chi connectivity index (χ2v) is 7.42. The van der Waals surface area contributed by atoms with Gasteiger partial charge < -0.3 is 13.9 Å². The van der Waals surface area contributed by atoms with Crippen LogP contribution in [0.1, 0.15) is 10.5 Å². The van der Waals surface area contributed by atoms with E-state index in [2.05, 4.69) is 19.9 Å². The Hall–Kier alpha value is -4.99. The highest BCUT2D eigenvalue weighted by Crippen LogP contribution is 2.21. The lowest BCUT2D eigenvalue weighted by atomic mass is 10.2. The number of carboxylic acids is 1. The Morgan fingerprint density at radius 3 is 1.94 bits per heavy atom. The van der Waals surface area contributed by atoms with Crippen LogP contribution in [0.4, 0.5) is 8.78 Å². The van der Waals surface area contributed by atoms with Crippen LogP contribution in [0.25, 0.3) is 33.8 Å². The van der Waals surface area contributed by atoms with E-state index in [1.807, 2.05) is 16.8 Å². The third kappa shape index (κ3) is 4.58. The van der Waals surface area contributed by atoms with Crippen molar-refractivity contribution in [1.82, 2.24) is 28.7 Å².